The van der Waals surface area contributed by atoms with Gasteiger partial charge in [-0.05, 0) is 187 Å². The summed E-state index contributed by atoms with van der Waals surface area (Å²) in [5, 5.41) is 16.1. The van der Waals surface area contributed by atoms with Gasteiger partial charge in [-0.2, -0.15) is 0 Å². The molecule has 0 aliphatic heterocycles. The molecule has 0 atom stereocenters. The third kappa shape index (κ3) is 4.17. The largest absolute Gasteiger partial charge is 0.0642 e. The monoisotopic (exact) mass is 766 g/mol. The van der Waals surface area contributed by atoms with E-state index in [1.165, 1.54) is 131 Å². The van der Waals surface area contributed by atoms with Gasteiger partial charge in [-0.25, -0.2) is 0 Å². The number of benzene rings is 11. The van der Waals surface area contributed by atoms with Crippen molar-refractivity contribution >= 4 is 64.6 Å². The zero-order valence-electron chi connectivity index (χ0n) is 34.8. The molecule has 286 valence electrons. The number of hydrogen-bond donors (Lipinski definition) is 0. The van der Waals surface area contributed by atoms with Gasteiger partial charge in [-0.15, -0.1) is 0 Å². The lowest BCUT2D eigenvalue weighted by Gasteiger charge is -2.32. The first-order valence-corrected chi connectivity index (χ1v) is 22.3. The van der Waals surface area contributed by atoms with E-state index in [0.717, 1.165) is 25.7 Å². The molecule has 11 aromatic rings. The lowest BCUT2D eigenvalue weighted by atomic mass is 9.71. The van der Waals surface area contributed by atoms with E-state index in [4.69, 9.17) is 0 Å². The Kier molecular flexibility index (Phi) is 6.90. The fourth-order valence-electron chi connectivity index (χ4n) is 12.8. The van der Waals surface area contributed by atoms with Gasteiger partial charge in [-0.3, -0.25) is 0 Å². The van der Waals surface area contributed by atoms with Crippen molar-refractivity contribution in [1.29, 1.82) is 0 Å². The molecular weight excluding hydrogens is 721 g/mol. The highest BCUT2D eigenvalue weighted by molar-refractivity contribution is 6.27. The predicted molar refractivity (Wildman–Crippen MR) is 258 cm³/mol. The van der Waals surface area contributed by atoms with Gasteiger partial charge < -0.3 is 0 Å². The summed E-state index contributed by atoms with van der Waals surface area (Å²) in [7, 11) is 0. The van der Waals surface area contributed by atoms with Crippen LogP contribution >= 0.6 is 0 Å². The molecule has 0 N–H and O–H groups in total. The van der Waals surface area contributed by atoms with Gasteiger partial charge in [0.2, 0.25) is 0 Å². The van der Waals surface area contributed by atoms with Crippen molar-refractivity contribution < 1.29 is 0 Å². The molecule has 0 fully saturated rings. The van der Waals surface area contributed by atoms with E-state index in [9.17, 15) is 0 Å². The SMILES string of the molecule is CCC1(CC)c2cc(-c3ccc4ccc5cccc6ccc3c4c56)ccc2-c2cc3c(cc21)-c1ccc(-c2cc4cccc5ccc6cccc2c6c54)cc1C3(CC)CC. The van der Waals surface area contributed by atoms with Crippen LogP contribution in [0.1, 0.15) is 75.6 Å². The van der Waals surface area contributed by atoms with Crippen molar-refractivity contribution in [2.45, 2.75) is 64.2 Å². The Balaban J connectivity index is 0.986. The molecule has 60 heavy (non-hydrogen) atoms. The molecule has 11 aromatic carbocycles. The van der Waals surface area contributed by atoms with Crippen LogP contribution in [0.4, 0.5) is 0 Å². The van der Waals surface area contributed by atoms with Crippen LogP contribution < -0.4 is 0 Å². The quantitative estimate of drug-likeness (QED) is 0.148. The van der Waals surface area contributed by atoms with Gasteiger partial charge >= 0.3 is 0 Å². The molecule has 0 saturated heterocycles. The minimum absolute atomic E-state index is 0.0523. The molecule has 0 amide bonds. The molecule has 2 aliphatic carbocycles. The molecule has 0 nitrogen and oxygen atoms in total. The first-order valence-electron chi connectivity index (χ1n) is 22.3. The van der Waals surface area contributed by atoms with Crippen LogP contribution in [-0.4, -0.2) is 0 Å². The van der Waals surface area contributed by atoms with Gasteiger partial charge in [0.05, 0.1) is 0 Å². The fraction of sp³-hybridized carbons (Fsp3) is 0.167. The summed E-state index contributed by atoms with van der Waals surface area (Å²) < 4.78 is 0. The molecule has 0 bridgehead atoms. The van der Waals surface area contributed by atoms with Crippen molar-refractivity contribution in [3.05, 3.63) is 180 Å². The van der Waals surface area contributed by atoms with Gasteiger partial charge in [0.1, 0.15) is 0 Å². The van der Waals surface area contributed by atoms with E-state index in [0.29, 0.717) is 0 Å². The van der Waals surface area contributed by atoms with Crippen molar-refractivity contribution in [3.63, 3.8) is 0 Å². The maximum atomic E-state index is 2.65. The molecule has 0 aromatic heterocycles. The van der Waals surface area contributed by atoms with E-state index in [1.54, 1.807) is 0 Å². The zero-order valence-corrected chi connectivity index (χ0v) is 34.8. The Morgan fingerprint density at radius 1 is 0.283 bits per heavy atom. The van der Waals surface area contributed by atoms with Crippen LogP contribution in [0, 0.1) is 0 Å². The molecular formula is C60H46. The van der Waals surface area contributed by atoms with Gasteiger partial charge in [0.15, 0.2) is 0 Å². The fourth-order valence-corrected chi connectivity index (χ4v) is 12.8. The highest BCUT2D eigenvalue weighted by Crippen LogP contribution is 2.60. The topological polar surface area (TPSA) is 0 Å². The summed E-state index contributed by atoms with van der Waals surface area (Å²) in [4.78, 5) is 0. The average Bonchev–Trinajstić information content (AvgIpc) is 3.74. The Morgan fingerprint density at radius 3 is 1.22 bits per heavy atom. The minimum atomic E-state index is -0.0552. The van der Waals surface area contributed by atoms with E-state index in [2.05, 4.69) is 185 Å². The lowest BCUT2D eigenvalue weighted by molar-refractivity contribution is 0.485. The predicted octanol–water partition coefficient (Wildman–Crippen LogP) is 17.0. The second-order valence-corrected chi connectivity index (χ2v) is 18.0. The Bertz CT molecular complexity index is 3570. The van der Waals surface area contributed by atoms with Crippen molar-refractivity contribution in [2.24, 2.45) is 0 Å². The van der Waals surface area contributed by atoms with Crippen LogP contribution in [0.5, 0.6) is 0 Å². The Morgan fingerprint density at radius 2 is 0.667 bits per heavy atom. The second kappa shape index (κ2) is 12.0. The van der Waals surface area contributed by atoms with Crippen molar-refractivity contribution in [3.8, 4) is 44.5 Å². The van der Waals surface area contributed by atoms with Crippen LogP contribution in [0.2, 0.25) is 0 Å². The molecule has 13 rings (SSSR count). The molecule has 0 saturated carbocycles. The first-order chi connectivity index (χ1) is 29.5. The summed E-state index contributed by atoms with van der Waals surface area (Å²) in [6.07, 6.45) is 4.26. The third-order valence-corrected chi connectivity index (χ3v) is 15.9. The molecule has 0 heteroatoms. The summed E-state index contributed by atoms with van der Waals surface area (Å²) >= 11 is 0. The zero-order chi connectivity index (χ0) is 40.1. The van der Waals surface area contributed by atoms with Crippen LogP contribution in [0.25, 0.3) is 109 Å². The van der Waals surface area contributed by atoms with Crippen LogP contribution in [0.15, 0.2) is 158 Å². The summed E-state index contributed by atoms with van der Waals surface area (Å²) in [5.74, 6) is 0. The van der Waals surface area contributed by atoms with Crippen LogP contribution in [-0.2, 0) is 10.8 Å². The molecule has 0 unspecified atom stereocenters. The van der Waals surface area contributed by atoms with Crippen molar-refractivity contribution in [2.75, 3.05) is 0 Å². The lowest BCUT2D eigenvalue weighted by Crippen LogP contribution is -2.24. The summed E-state index contributed by atoms with van der Waals surface area (Å²) in [6, 6.07) is 61.5. The van der Waals surface area contributed by atoms with Gasteiger partial charge in [0, 0.05) is 10.8 Å². The molecule has 2 aliphatic rings. The maximum Gasteiger partial charge on any atom is 0.0210 e. The number of hydrogen-bond acceptors (Lipinski definition) is 0. The second-order valence-electron chi connectivity index (χ2n) is 18.0. The average molecular weight is 767 g/mol. The minimum Gasteiger partial charge on any atom is -0.0642 e. The highest BCUT2D eigenvalue weighted by atomic mass is 14.5. The van der Waals surface area contributed by atoms with Gasteiger partial charge in [0.25, 0.3) is 0 Å². The third-order valence-electron chi connectivity index (χ3n) is 15.9. The number of fused-ring (bicyclic) bond motifs is 6. The smallest absolute Gasteiger partial charge is 0.0210 e. The van der Waals surface area contributed by atoms with E-state index in [-0.39, 0.29) is 10.8 Å². The molecule has 0 heterocycles. The normalized spacial score (nSPS) is 14.9. The highest BCUT2D eigenvalue weighted by Gasteiger charge is 2.46. The van der Waals surface area contributed by atoms with E-state index >= 15 is 0 Å². The van der Waals surface area contributed by atoms with Crippen LogP contribution in [0.3, 0.4) is 0 Å². The first kappa shape index (κ1) is 34.4. The summed E-state index contributed by atoms with van der Waals surface area (Å²) in [5.41, 5.74) is 16.9. The van der Waals surface area contributed by atoms with E-state index in [1.807, 2.05) is 0 Å². The van der Waals surface area contributed by atoms with E-state index < -0.39 is 0 Å². The Hall–Kier alpha value is -6.50. The molecule has 0 spiro atoms. The standard InChI is InChI=1S/C60H46/c1-5-59(6-2)51-31-40(43-26-22-39-21-19-35-12-9-13-37-23-29-47(43)58(39)55(35)37)24-27-44(51)49-33-54-50(34-53(49)59)45-28-25-41(32-52(45)60(54,7-3)8-4)48-30-42-16-10-14-36-18-20-38-15-11-17-46(48)57(38)56(36)42/h9-34H,5-8H2,1-4H3. The Labute approximate surface area is 351 Å². The molecule has 0 radical (unpaired) electrons. The van der Waals surface area contributed by atoms with Crippen molar-refractivity contribution in [1.82, 2.24) is 0 Å². The number of rotatable bonds is 6. The van der Waals surface area contributed by atoms with Gasteiger partial charge in [-0.1, -0.05) is 155 Å². The maximum absolute atomic E-state index is 2.65. The summed E-state index contributed by atoms with van der Waals surface area (Å²) in [6.45, 7) is 9.66.